The third-order valence-electron chi connectivity index (χ3n) is 2.11. The highest BCUT2D eigenvalue weighted by molar-refractivity contribution is 5.92. The van der Waals surface area contributed by atoms with Crippen LogP contribution in [0.15, 0.2) is 18.5 Å². The van der Waals surface area contributed by atoms with E-state index < -0.39 is 4.92 Å². The first-order chi connectivity index (χ1) is 6.61. The highest BCUT2D eigenvalue weighted by Gasteiger charge is 2.15. The van der Waals surface area contributed by atoms with Gasteiger partial charge in [0.05, 0.1) is 16.8 Å². The molecular weight excluding hydrogens is 184 g/mol. The van der Waals surface area contributed by atoms with Gasteiger partial charge in [0.2, 0.25) is 0 Å². The number of nitrogen functional groups attached to an aromatic ring is 1. The maximum atomic E-state index is 10.6. The van der Waals surface area contributed by atoms with Gasteiger partial charge in [-0.15, -0.1) is 0 Å². The molecule has 1 heterocycles. The van der Waals surface area contributed by atoms with Gasteiger partial charge in [0.15, 0.2) is 0 Å². The fourth-order valence-electron chi connectivity index (χ4n) is 1.37. The Morgan fingerprint density at radius 1 is 1.57 bits per heavy atom. The van der Waals surface area contributed by atoms with E-state index in [1.165, 1.54) is 6.07 Å². The van der Waals surface area contributed by atoms with Crippen LogP contribution in [0.5, 0.6) is 0 Å². The highest BCUT2D eigenvalue weighted by atomic mass is 16.6. The summed E-state index contributed by atoms with van der Waals surface area (Å²) in [6.07, 6.45) is 1.57. The van der Waals surface area contributed by atoms with Crippen molar-refractivity contribution in [3.8, 4) is 0 Å². The van der Waals surface area contributed by atoms with Crippen LogP contribution in [0.25, 0.3) is 11.0 Å². The first-order valence-corrected chi connectivity index (χ1v) is 3.95. The standard InChI is InChI=1S/C8H8N4O2/c1-11-4-10-8-6(11)3-2-5(7(8)9)12(13)14/h2-4H,9H2,1H3. The van der Waals surface area contributed by atoms with E-state index in [-0.39, 0.29) is 11.4 Å². The molecule has 0 amide bonds. The third-order valence-corrected chi connectivity index (χ3v) is 2.11. The second kappa shape index (κ2) is 2.69. The molecule has 0 unspecified atom stereocenters. The molecule has 0 aliphatic heterocycles. The Hall–Kier alpha value is -2.11. The number of hydrogen-bond donors (Lipinski definition) is 1. The number of aryl methyl sites for hydroxylation is 1. The van der Waals surface area contributed by atoms with Gasteiger partial charge in [-0.2, -0.15) is 0 Å². The normalized spacial score (nSPS) is 10.6. The van der Waals surface area contributed by atoms with Gasteiger partial charge in [-0.05, 0) is 6.07 Å². The van der Waals surface area contributed by atoms with E-state index in [9.17, 15) is 10.1 Å². The molecule has 72 valence electrons. The van der Waals surface area contributed by atoms with Crippen LogP contribution in [-0.4, -0.2) is 14.5 Å². The monoisotopic (exact) mass is 192 g/mol. The Morgan fingerprint density at radius 3 is 2.93 bits per heavy atom. The number of nitro benzene ring substituents is 1. The zero-order valence-electron chi connectivity index (χ0n) is 7.47. The quantitative estimate of drug-likeness (QED) is 0.415. The van der Waals surface area contributed by atoms with Crippen molar-refractivity contribution < 1.29 is 4.92 Å². The number of nitrogens with two attached hydrogens (primary N) is 1. The molecule has 6 heteroatoms. The van der Waals surface area contributed by atoms with Crippen LogP contribution in [0.4, 0.5) is 11.4 Å². The predicted octanol–water partition coefficient (Wildman–Crippen LogP) is 1.06. The summed E-state index contributed by atoms with van der Waals surface area (Å²) in [5.41, 5.74) is 6.89. The molecule has 0 saturated heterocycles. The lowest BCUT2D eigenvalue weighted by molar-refractivity contribution is -0.383. The van der Waals surface area contributed by atoms with Crippen molar-refractivity contribution in [1.82, 2.24) is 9.55 Å². The number of fused-ring (bicyclic) bond motifs is 1. The van der Waals surface area contributed by atoms with Crippen molar-refractivity contribution in [2.45, 2.75) is 0 Å². The molecule has 0 spiro atoms. The zero-order valence-corrected chi connectivity index (χ0v) is 7.47. The molecule has 0 saturated carbocycles. The van der Waals surface area contributed by atoms with E-state index in [1.807, 2.05) is 0 Å². The fourth-order valence-corrected chi connectivity index (χ4v) is 1.37. The summed E-state index contributed by atoms with van der Waals surface area (Å²) in [7, 11) is 1.81. The SMILES string of the molecule is Cn1cnc2c(N)c([N+](=O)[O-])ccc21. The molecule has 14 heavy (non-hydrogen) atoms. The molecule has 6 nitrogen and oxygen atoms in total. The van der Waals surface area contributed by atoms with Gasteiger partial charge < -0.3 is 10.3 Å². The second-order valence-corrected chi connectivity index (χ2v) is 2.98. The van der Waals surface area contributed by atoms with E-state index in [0.29, 0.717) is 5.52 Å². The van der Waals surface area contributed by atoms with Crippen LogP contribution in [0.3, 0.4) is 0 Å². The Labute approximate surface area is 79.1 Å². The van der Waals surface area contributed by atoms with Gasteiger partial charge in [0.25, 0.3) is 5.69 Å². The Kier molecular flexibility index (Phi) is 1.63. The summed E-state index contributed by atoms with van der Waals surface area (Å²) in [5, 5.41) is 10.6. The predicted molar refractivity (Wildman–Crippen MR) is 51.8 cm³/mol. The number of nitrogens with zero attached hydrogens (tertiary/aromatic N) is 3. The molecule has 1 aromatic heterocycles. The zero-order chi connectivity index (χ0) is 10.3. The van der Waals surface area contributed by atoms with Crippen molar-refractivity contribution in [1.29, 1.82) is 0 Å². The van der Waals surface area contributed by atoms with Crippen molar-refractivity contribution in [2.24, 2.45) is 7.05 Å². The number of anilines is 1. The van der Waals surface area contributed by atoms with Crippen molar-refractivity contribution >= 4 is 22.4 Å². The summed E-state index contributed by atoms with van der Waals surface area (Å²) in [4.78, 5) is 14.0. The van der Waals surface area contributed by atoms with E-state index in [0.717, 1.165) is 5.52 Å². The van der Waals surface area contributed by atoms with Gasteiger partial charge in [0, 0.05) is 13.1 Å². The number of hydrogen-bond acceptors (Lipinski definition) is 4. The van der Waals surface area contributed by atoms with E-state index in [1.54, 1.807) is 24.0 Å². The van der Waals surface area contributed by atoms with E-state index in [2.05, 4.69) is 4.98 Å². The summed E-state index contributed by atoms with van der Waals surface area (Å²) in [6.45, 7) is 0. The summed E-state index contributed by atoms with van der Waals surface area (Å²) >= 11 is 0. The van der Waals surface area contributed by atoms with Crippen molar-refractivity contribution in [3.63, 3.8) is 0 Å². The van der Waals surface area contributed by atoms with Crippen LogP contribution in [0.1, 0.15) is 0 Å². The Morgan fingerprint density at radius 2 is 2.29 bits per heavy atom. The molecule has 1 aromatic carbocycles. The van der Waals surface area contributed by atoms with Crippen LogP contribution in [0, 0.1) is 10.1 Å². The molecule has 2 aromatic rings. The first-order valence-electron chi connectivity index (χ1n) is 3.95. The summed E-state index contributed by atoms with van der Waals surface area (Å²) in [6, 6.07) is 3.02. The number of rotatable bonds is 1. The maximum absolute atomic E-state index is 10.6. The highest BCUT2D eigenvalue weighted by Crippen LogP contribution is 2.28. The molecule has 0 radical (unpaired) electrons. The van der Waals surface area contributed by atoms with Crippen molar-refractivity contribution in [2.75, 3.05) is 5.73 Å². The van der Waals surface area contributed by atoms with Gasteiger partial charge >= 0.3 is 0 Å². The van der Waals surface area contributed by atoms with Gasteiger partial charge in [0.1, 0.15) is 11.2 Å². The van der Waals surface area contributed by atoms with Crippen LogP contribution >= 0.6 is 0 Å². The average Bonchev–Trinajstić information content (AvgIpc) is 2.49. The first kappa shape index (κ1) is 8.49. The van der Waals surface area contributed by atoms with E-state index in [4.69, 9.17) is 5.73 Å². The molecular formula is C8H8N4O2. The maximum Gasteiger partial charge on any atom is 0.294 e. The number of benzene rings is 1. The summed E-state index contributed by atoms with van der Waals surface area (Å²) in [5.74, 6) is 0. The Bertz CT molecular complexity index is 517. The summed E-state index contributed by atoms with van der Waals surface area (Å²) < 4.78 is 1.76. The number of aromatic nitrogens is 2. The number of nitro groups is 1. The average molecular weight is 192 g/mol. The molecule has 0 bridgehead atoms. The molecule has 0 fully saturated rings. The minimum atomic E-state index is -0.510. The molecule has 0 aliphatic rings. The van der Waals surface area contributed by atoms with Gasteiger partial charge in [-0.1, -0.05) is 0 Å². The number of imidazole rings is 1. The molecule has 0 atom stereocenters. The molecule has 0 aliphatic carbocycles. The minimum Gasteiger partial charge on any atom is -0.391 e. The van der Waals surface area contributed by atoms with E-state index >= 15 is 0 Å². The lowest BCUT2D eigenvalue weighted by atomic mass is 10.2. The largest absolute Gasteiger partial charge is 0.391 e. The van der Waals surface area contributed by atoms with Gasteiger partial charge in [-0.3, -0.25) is 10.1 Å². The molecule has 2 N–H and O–H groups in total. The Balaban J connectivity index is 2.82. The van der Waals surface area contributed by atoms with Gasteiger partial charge in [-0.25, -0.2) is 4.98 Å². The van der Waals surface area contributed by atoms with Crippen LogP contribution in [-0.2, 0) is 7.05 Å². The smallest absolute Gasteiger partial charge is 0.294 e. The second-order valence-electron chi connectivity index (χ2n) is 2.98. The molecule has 2 rings (SSSR count). The lowest BCUT2D eigenvalue weighted by Gasteiger charge is -1.98. The van der Waals surface area contributed by atoms with Crippen LogP contribution in [0.2, 0.25) is 0 Å². The van der Waals surface area contributed by atoms with Crippen LogP contribution < -0.4 is 5.73 Å². The topological polar surface area (TPSA) is 87.0 Å². The fraction of sp³-hybridized carbons (Fsp3) is 0.125. The van der Waals surface area contributed by atoms with Crippen molar-refractivity contribution in [3.05, 3.63) is 28.6 Å². The lowest BCUT2D eigenvalue weighted by Crippen LogP contribution is -1.96. The minimum absolute atomic E-state index is 0.101. The third kappa shape index (κ3) is 1.00.